The van der Waals surface area contributed by atoms with E-state index in [1.54, 1.807) is 0 Å². The Morgan fingerprint density at radius 2 is 1.82 bits per heavy atom. The van der Waals surface area contributed by atoms with E-state index in [1.807, 2.05) is 13.8 Å². The molecule has 1 rings (SSSR count). The van der Waals surface area contributed by atoms with Gasteiger partial charge in [-0.25, -0.2) is 27.1 Å². The van der Waals surface area contributed by atoms with E-state index in [0.29, 0.717) is 5.56 Å². The molecule has 1 aromatic rings. The van der Waals surface area contributed by atoms with Crippen molar-refractivity contribution in [1.29, 1.82) is 0 Å². The number of hydrogen-bond donors (Lipinski definition) is 3. The number of halogens is 1. The molecular formula is C22H30FN3O6S. The van der Waals surface area contributed by atoms with Gasteiger partial charge in [0.25, 0.3) is 0 Å². The standard InChI is InChI=1S/C22H30FN3O6S/c1-15(2)14-24-22(26(3)33(4,31)32)25-20(16-8-10-17(23)11-9-16)7-5-6-18(27)12-19(28)13-21(29)30/h5-11,14-15,18-19,27-28H,12-13H2,1-4H3,(H,29,30)/b6-5+,20-7+,24-14+,25-22-/t18-,19-/m1/s1. The van der Waals surface area contributed by atoms with Crippen molar-refractivity contribution >= 4 is 33.9 Å². The first-order valence-electron chi connectivity index (χ1n) is 10.1. The summed E-state index contributed by atoms with van der Waals surface area (Å²) in [6, 6.07) is 5.35. The zero-order valence-corrected chi connectivity index (χ0v) is 19.8. The quantitative estimate of drug-likeness (QED) is 0.265. The van der Waals surface area contributed by atoms with E-state index in [-0.39, 0.29) is 24.0 Å². The molecule has 0 bridgehead atoms. The molecule has 1 aromatic carbocycles. The fourth-order valence-electron chi connectivity index (χ4n) is 2.39. The van der Waals surface area contributed by atoms with Gasteiger partial charge in [0.1, 0.15) is 5.82 Å². The number of aliphatic imine (C=N–C) groups is 2. The van der Waals surface area contributed by atoms with Crippen molar-refractivity contribution in [1.82, 2.24) is 4.31 Å². The molecule has 0 spiro atoms. The predicted octanol–water partition coefficient (Wildman–Crippen LogP) is 2.28. The molecule has 3 N–H and O–H groups in total. The van der Waals surface area contributed by atoms with Crippen LogP contribution in [-0.4, -0.2) is 71.7 Å². The Morgan fingerprint density at radius 3 is 2.33 bits per heavy atom. The lowest BCUT2D eigenvalue weighted by Gasteiger charge is -2.16. The van der Waals surface area contributed by atoms with Gasteiger partial charge >= 0.3 is 5.97 Å². The van der Waals surface area contributed by atoms with Crippen LogP contribution in [0, 0.1) is 11.7 Å². The third-order valence-corrected chi connectivity index (χ3v) is 5.30. The Labute approximate surface area is 193 Å². The van der Waals surface area contributed by atoms with Crippen LogP contribution in [0.3, 0.4) is 0 Å². The zero-order valence-electron chi connectivity index (χ0n) is 19.0. The summed E-state index contributed by atoms with van der Waals surface area (Å²) in [7, 11) is -2.37. The van der Waals surface area contributed by atoms with Gasteiger partial charge in [0.2, 0.25) is 16.0 Å². The van der Waals surface area contributed by atoms with Crippen molar-refractivity contribution in [3.63, 3.8) is 0 Å². The Bertz CT molecular complexity index is 1020. The number of sulfonamides is 1. The molecule has 0 saturated carbocycles. The molecule has 0 saturated heterocycles. The van der Waals surface area contributed by atoms with Gasteiger partial charge in [0.15, 0.2) is 0 Å². The molecule has 182 valence electrons. The van der Waals surface area contributed by atoms with E-state index in [4.69, 9.17) is 5.11 Å². The highest BCUT2D eigenvalue weighted by Gasteiger charge is 2.17. The number of nitrogens with zero attached hydrogens (tertiary/aromatic N) is 3. The van der Waals surface area contributed by atoms with Gasteiger partial charge in [0, 0.05) is 25.2 Å². The summed E-state index contributed by atoms with van der Waals surface area (Å²) in [6.45, 7) is 3.72. The Hall–Kier alpha value is -2.89. The summed E-state index contributed by atoms with van der Waals surface area (Å²) >= 11 is 0. The van der Waals surface area contributed by atoms with E-state index >= 15 is 0 Å². The van der Waals surface area contributed by atoms with E-state index in [9.17, 15) is 27.8 Å². The molecule has 33 heavy (non-hydrogen) atoms. The van der Waals surface area contributed by atoms with Gasteiger partial charge in [-0.15, -0.1) is 0 Å². The lowest BCUT2D eigenvalue weighted by Crippen LogP contribution is -2.31. The van der Waals surface area contributed by atoms with Crippen LogP contribution in [-0.2, 0) is 14.8 Å². The number of carboxylic acids is 1. The maximum absolute atomic E-state index is 13.4. The highest BCUT2D eigenvalue weighted by Crippen LogP contribution is 2.19. The highest BCUT2D eigenvalue weighted by atomic mass is 32.2. The fraction of sp³-hybridized carbons (Fsp3) is 0.409. The summed E-state index contributed by atoms with van der Waals surface area (Å²) < 4.78 is 38.4. The first-order valence-corrected chi connectivity index (χ1v) is 11.9. The normalized spacial score (nSPS) is 15.4. The van der Waals surface area contributed by atoms with Gasteiger partial charge in [-0.3, -0.25) is 4.79 Å². The summed E-state index contributed by atoms with van der Waals surface area (Å²) in [4.78, 5) is 19.2. The van der Waals surface area contributed by atoms with Crippen molar-refractivity contribution < 1.29 is 32.9 Å². The topological polar surface area (TPSA) is 140 Å². The maximum Gasteiger partial charge on any atom is 0.305 e. The average Bonchev–Trinajstić information content (AvgIpc) is 2.68. The SMILES string of the molecule is CC(C)/C=N/C(=N/C(=C/C=C/[C@@H](O)C[C@@H](O)CC(=O)O)c1ccc(F)cc1)N(C)S(C)(=O)=O. The number of benzene rings is 1. The minimum atomic E-state index is -3.67. The fourth-order valence-corrected chi connectivity index (χ4v) is 2.77. The summed E-state index contributed by atoms with van der Waals surface area (Å²) in [5.74, 6) is -1.75. The maximum atomic E-state index is 13.4. The summed E-state index contributed by atoms with van der Waals surface area (Å²) in [5.41, 5.74) is 0.691. The Kier molecular flexibility index (Phi) is 11.1. The van der Waals surface area contributed by atoms with Crippen molar-refractivity contribution in [2.24, 2.45) is 15.9 Å². The van der Waals surface area contributed by atoms with Crippen LogP contribution in [0.15, 0.2) is 52.5 Å². The zero-order chi connectivity index (χ0) is 25.2. The molecule has 0 fully saturated rings. The van der Waals surface area contributed by atoms with Crippen molar-refractivity contribution in [3.05, 3.63) is 53.9 Å². The van der Waals surface area contributed by atoms with Crippen LogP contribution < -0.4 is 0 Å². The Morgan fingerprint density at radius 1 is 1.21 bits per heavy atom. The average molecular weight is 484 g/mol. The van der Waals surface area contributed by atoms with Crippen molar-refractivity contribution in [2.45, 2.75) is 38.9 Å². The number of rotatable bonds is 10. The number of hydrogen-bond acceptors (Lipinski definition) is 6. The van der Waals surface area contributed by atoms with Crippen molar-refractivity contribution in [2.75, 3.05) is 13.3 Å². The first kappa shape index (κ1) is 28.1. The second kappa shape index (κ2) is 13.0. The molecule has 0 aliphatic carbocycles. The molecule has 0 aliphatic rings. The van der Waals surface area contributed by atoms with Gasteiger partial charge in [-0.05, 0) is 36.3 Å². The second-order valence-electron chi connectivity index (χ2n) is 7.66. The van der Waals surface area contributed by atoms with Crippen LogP contribution in [0.4, 0.5) is 4.39 Å². The number of allylic oxidation sites excluding steroid dienone is 2. The summed E-state index contributed by atoms with van der Waals surface area (Å²) in [6.07, 6.45) is 3.70. The number of guanidine groups is 1. The molecule has 0 heterocycles. The number of aliphatic hydroxyl groups is 2. The summed E-state index contributed by atoms with van der Waals surface area (Å²) in [5, 5.41) is 28.3. The molecule has 0 unspecified atom stereocenters. The monoisotopic (exact) mass is 483 g/mol. The lowest BCUT2D eigenvalue weighted by atomic mass is 10.1. The van der Waals surface area contributed by atoms with Gasteiger partial charge in [-0.1, -0.05) is 26.0 Å². The van der Waals surface area contributed by atoms with E-state index in [2.05, 4.69) is 9.98 Å². The molecule has 0 aliphatic heterocycles. The molecule has 2 atom stereocenters. The van der Waals surface area contributed by atoms with Gasteiger partial charge in [-0.2, -0.15) is 0 Å². The highest BCUT2D eigenvalue weighted by molar-refractivity contribution is 7.88. The molecule has 9 nitrogen and oxygen atoms in total. The van der Waals surface area contributed by atoms with Crippen LogP contribution in [0.2, 0.25) is 0 Å². The van der Waals surface area contributed by atoms with Gasteiger partial charge < -0.3 is 15.3 Å². The lowest BCUT2D eigenvalue weighted by molar-refractivity contribution is -0.139. The van der Waals surface area contributed by atoms with E-state index in [1.165, 1.54) is 55.8 Å². The molecule has 0 radical (unpaired) electrons. The minimum absolute atomic E-state index is 0.0219. The number of aliphatic hydroxyl groups excluding tert-OH is 2. The predicted molar refractivity (Wildman–Crippen MR) is 126 cm³/mol. The molecule has 0 aromatic heterocycles. The van der Waals surface area contributed by atoms with Crippen LogP contribution in [0.5, 0.6) is 0 Å². The van der Waals surface area contributed by atoms with Crippen LogP contribution in [0.25, 0.3) is 5.70 Å². The van der Waals surface area contributed by atoms with Gasteiger partial charge in [0.05, 0.1) is 30.6 Å². The largest absolute Gasteiger partial charge is 0.481 e. The third-order valence-electron chi connectivity index (χ3n) is 4.14. The van der Waals surface area contributed by atoms with Crippen molar-refractivity contribution in [3.8, 4) is 0 Å². The number of aliphatic carboxylic acids is 1. The van der Waals surface area contributed by atoms with Crippen LogP contribution >= 0.6 is 0 Å². The first-order chi connectivity index (χ1) is 15.3. The van der Waals surface area contributed by atoms with Crippen LogP contribution in [0.1, 0.15) is 32.3 Å². The Balaban J connectivity index is 3.37. The molecular weight excluding hydrogens is 453 g/mol. The second-order valence-corrected chi connectivity index (χ2v) is 9.68. The smallest absolute Gasteiger partial charge is 0.305 e. The third kappa shape index (κ3) is 11.0. The van der Waals surface area contributed by atoms with E-state index < -0.39 is 40.4 Å². The number of carboxylic acid groups (broad SMARTS) is 1. The minimum Gasteiger partial charge on any atom is -0.481 e. The molecule has 0 amide bonds. The number of carbonyl (C=O) groups is 1. The molecule has 11 heteroatoms. The van der Waals surface area contributed by atoms with E-state index in [0.717, 1.165) is 10.6 Å².